The smallest absolute Gasteiger partial charge is 0.246 e. The number of hydrogen-bond acceptors (Lipinski definition) is 4. The second-order valence-electron chi connectivity index (χ2n) is 11.8. The number of hydrogen-bond donors (Lipinski definition) is 2. The summed E-state index contributed by atoms with van der Waals surface area (Å²) >= 11 is 0. The van der Waals surface area contributed by atoms with Crippen molar-refractivity contribution in [1.82, 2.24) is 5.32 Å². The predicted octanol–water partition coefficient (Wildman–Crippen LogP) is 3.69. The molecule has 7 heteroatoms. The second kappa shape index (κ2) is 8.28. The number of fused-ring (bicyclic) bond motifs is 2. The zero-order chi connectivity index (χ0) is 26.1. The van der Waals surface area contributed by atoms with Gasteiger partial charge in [0, 0.05) is 16.9 Å². The fourth-order valence-corrected chi connectivity index (χ4v) is 6.53. The number of rotatable bonds is 4. The molecule has 1 spiro atoms. The summed E-state index contributed by atoms with van der Waals surface area (Å²) in [5.41, 5.74) is 3.12. The zero-order valence-corrected chi connectivity index (χ0v) is 21.7. The Bertz CT molecular complexity index is 1340. The van der Waals surface area contributed by atoms with Gasteiger partial charge in [0.1, 0.15) is 11.6 Å². The van der Waals surface area contributed by atoms with Gasteiger partial charge in [-0.15, -0.1) is 0 Å². The third-order valence-electron chi connectivity index (χ3n) is 8.09. The maximum absolute atomic E-state index is 14.2. The first-order valence-electron chi connectivity index (χ1n) is 13.1. The first-order valence-corrected chi connectivity index (χ1v) is 13.1. The summed E-state index contributed by atoms with van der Waals surface area (Å²) in [5.74, 6) is -2.33. The van der Waals surface area contributed by atoms with Crippen LogP contribution in [-0.4, -0.2) is 41.0 Å². The number of amides is 3. The molecule has 1 aliphatic carbocycles. The molecule has 2 N–H and O–H groups in total. The molecule has 4 aliphatic rings. The second-order valence-corrected chi connectivity index (χ2v) is 11.8. The number of benzene rings is 2. The van der Waals surface area contributed by atoms with Crippen LogP contribution in [0.5, 0.6) is 0 Å². The Balaban J connectivity index is 1.41. The van der Waals surface area contributed by atoms with Gasteiger partial charge in [0.05, 0.1) is 17.9 Å². The van der Waals surface area contributed by atoms with Crippen LogP contribution in [-0.2, 0) is 32.0 Å². The van der Waals surface area contributed by atoms with E-state index in [-0.39, 0.29) is 17.7 Å². The summed E-state index contributed by atoms with van der Waals surface area (Å²) in [6.45, 7) is 7.67. The molecule has 0 saturated carbocycles. The Labute approximate surface area is 217 Å². The lowest BCUT2D eigenvalue weighted by atomic mass is 9.74. The summed E-state index contributed by atoms with van der Waals surface area (Å²) in [6.07, 6.45) is 6.19. The third-order valence-corrected chi connectivity index (χ3v) is 8.09. The van der Waals surface area contributed by atoms with E-state index in [9.17, 15) is 14.4 Å². The van der Waals surface area contributed by atoms with E-state index >= 15 is 0 Å². The quantitative estimate of drug-likeness (QED) is 0.628. The molecule has 0 unspecified atom stereocenters. The van der Waals surface area contributed by atoms with Gasteiger partial charge in [0.15, 0.2) is 0 Å². The van der Waals surface area contributed by atoms with Gasteiger partial charge in [-0.05, 0) is 81.8 Å². The number of carbonyl (C=O) groups is 3. The number of anilines is 2. The molecule has 7 nitrogen and oxygen atoms in total. The number of ether oxygens (including phenoxy) is 1. The molecular weight excluding hydrogens is 466 g/mol. The van der Waals surface area contributed by atoms with Crippen molar-refractivity contribution in [3.63, 3.8) is 0 Å². The van der Waals surface area contributed by atoms with E-state index < -0.39 is 35.1 Å². The Morgan fingerprint density at radius 1 is 1.05 bits per heavy atom. The van der Waals surface area contributed by atoms with Gasteiger partial charge in [0.25, 0.3) is 0 Å². The summed E-state index contributed by atoms with van der Waals surface area (Å²) in [6, 6.07) is 12.7. The van der Waals surface area contributed by atoms with Crippen molar-refractivity contribution in [2.24, 2.45) is 11.8 Å². The lowest BCUT2D eigenvalue weighted by Gasteiger charge is -2.34. The molecule has 3 aliphatic heterocycles. The van der Waals surface area contributed by atoms with E-state index in [1.54, 1.807) is 4.90 Å². The Kier molecular flexibility index (Phi) is 5.35. The van der Waals surface area contributed by atoms with Crippen LogP contribution in [0.4, 0.5) is 11.4 Å². The highest BCUT2D eigenvalue weighted by Crippen LogP contribution is 2.56. The number of carbonyl (C=O) groups excluding carboxylic acids is 3. The van der Waals surface area contributed by atoms with E-state index in [2.05, 4.69) is 16.7 Å². The predicted molar refractivity (Wildman–Crippen MR) is 141 cm³/mol. The highest BCUT2D eigenvalue weighted by atomic mass is 16.5. The molecule has 3 amide bonds. The minimum absolute atomic E-state index is 0.246. The fourth-order valence-electron chi connectivity index (χ4n) is 6.53. The molecule has 2 saturated heterocycles. The number of aryl methyl sites for hydroxylation is 3. The molecule has 2 fully saturated rings. The van der Waals surface area contributed by atoms with Gasteiger partial charge in [0.2, 0.25) is 17.7 Å². The van der Waals surface area contributed by atoms with Crippen molar-refractivity contribution in [2.45, 2.75) is 70.2 Å². The lowest BCUT2D eigenvalue weighted by Crippen LogP contribution is -2.58. The first kappa shape index (κ1) is 23.9. The van der Waals surface area contributed by atoms with Crippen molar-refractivity contribution in [3.05, 3.63) is 71.3 Å². The molecule has 37 heavy (non-hydrogen) atoms. The molecule has 2 aromatic rings. The number of nitrogens with zero attached hydrogens (tertiary/aromatic N) is 1. The average molecular weight is 500 g/mol. The zero-order valence-electron chi connectivity index (χ0n) is 21.7. The van der Waals surface area contributed by atoms with Crippen molar-refractivity contribution in [2.75, 3.05) is 10.2 Å². The average Bonchev–Trinajstić information content (AvgIpc) is 3.59. The van der Waals surface area contributed by atoms with E-state index in [0.29, 0.717) is 11.4 Å². The van der Waals surface area contributed by atoms with Gasteiger partial charge in [-0.2, -0.15) is 0 Å². The van der Waals surface area contributed by atoms with Crippen LogP contribution in [0.3, 0.4) is 0 Å². The van der Waals surface area contributed by atoms with Crippen LogP contribution in [0.2, 0.25) is 0 Å². The molecule has 5 atom stereocenters. The lowest BCUT2D eigenvalue weighted by molar-refractivity contribution is -0.129. The number of nitrogens with one attached hydrogen (secondary N) is 2. The van der Waals surface area contributed by atoms with Crippen molar-refractivity contribution in [3.8, 4) is 0 Å². The van der Waals surface area contributed by atoms with E-state index in [0.717, 1.165) is 24.8 Å². The van der Waals surface area contributed by atoms with Gasteiger partial charge < -0.3 is 15.4 Å². The van der Waals surface area contributed by atoms with Gasteiger partial charge in [-0.1, -0.05) is 36.4 Å². The normalized spacial score (nSPS) is 29.4. The minimum atomic E-state index is -1.20. The van der Waals surface area contributed by atoms with E-state index in [4.69, 9.17) is 4.74 Å². The molecule has 2 aromatic carbocycles. The Morgan fingerprint density at radius 2 is 1.81 bits per heavy atom. The van der Waals surface area contributed by atoms with Crippen LogP contribution >= 0.6 is 0 Å². The summed E-state index contributed by atoms with van der Waals surface area (Å²) in [4.78, 5) is 43.3. The molecule has 3 heterocycles. The molecule has 0 radical (unpaired) electrons. The van der Waals surface area contributed by atoms with Gasteiger partial charge in [-0.25, -0.2) is 0 Å². The number of para-hydroxylation sites is 1. The topological polar surface area (TPSA) is 87.7 Å². The van der Waals surface area contributed by atoms with Crippen LogP contribution in [0.25, 0.3) is 0 Å². The Hall–Kier alpha value is -3.45. The van der Waals surface area contributed by atoms with Crippen LogP contribution in [0, 0.1) is 18.8 Å². The third kappa shape index (κ3) is 3.71. The van der Waals surface area contributed by atoms with Gasteiger partial charge >= 0.3 is 0 Å². The van der Waals surface area contributed by atoms with Crippen molar-refractivity contribution >= 4 is 29.1 Å². The molecule has 2 bridgehead atoms. The summed E-state index contributed by atoms with van der Waals surface area (Å²) in [7, 11) is 0. The summed E-state index contributed by atoms with van der Waals surface area (Å²) < 4.78 is 6.45. The SMILES string of the molecule is Cc1ccccc1NC(=O)[C@H]1[C@H]2C(=O)N(c3ccc4c(c3)CCC4)[C@@H](C(=O)NC(C)(C)C)[C@@]23C=C[C@H]1O3. The van der Waals surface area contributed by atoms with E-state index in [1.807, 2.05) is 76.2 Å². The molecular formula is C30H33N3O4. The highest BCUT2D eigenvalue weighted by molar-refractivity contribution is 6.11. The molecule has 192 valence electrons. The van der Waals surface area contributed by atoms with Crippen molar-refractivity contribution < 1.29 is 19.1 Å². The van der Waals surface area contributed by atoms with Crippen molar-refractivity contribution in [1.29, 1.82) is 0 Å². The van der Waals surface area contributed by atoms with Gasteiger partial charge in [-0.3, -0.25) is 19.3 Å². The van der Waals surface area contributed by atoms with Crippen LogP contribution in [0.1, 0.15) is 43.9 Å². The summed E-state index contributed by atoms with van der Waals surface area (Å²) in [5, 5.41) is 6.08. The highest BCUT2D eigenvalue weighted by Gasteiger charge is 2.73. The van der Waals surface area contributed by atoms with E-state index in [1.165, 1.54) is 11.1 Å². The maximum atomic E-state index is 14.2. The van der Waals surface area contributed by atoms with Crippen LogP contribution < -0.4 is 15.5 Å². The Morgan fingerprint density at radius 3 is 2.57 bits per heavy atom. The standard InChI is InChI=1S/C30H33N3O4/c1-17-8-5-6-11-21(17)31-26(34)23-22-14-15-30(37-22)24(23)28(36)33(25(30)27(35)32-29(2,3)4)20-13-12-18-9-7-10-19(18)16-20/h5-6,8,11-16,22-25H,7,9-10H2,1-4H3,(H,31,34)(H,32,35)/t22-,23-,24+,25+,30-/m1/s1. The fraction of sp³-hybridized carbons (Fsp3) is 0.433. The maximum Gasteiger partial charge on any atom is 0.246 e. The van der Waals surface area contributed by atoms with Crippen LogP contribution in [0.15, 0.2) is 54.6 Å². The largest absolute Gasteiger partial charge is 0.359 e. The minimum Gasteiger partial charge on any atom is -0.359 e. The first-order chi connectivity index (χ1) is 17.6. The molecule has 0 aromatic heterocycles. The monoisotopic (exact) mass is 499 g/mol. The molecule has 6 rings (SSSR count).